The molecule has 1 amide bonds. The quantitative estimate of drug-likeness (QED) is 0.620. The highest BCUT2D eigenvalue weighted by molar-refractivity contribution is 5.94. The SMILES string of the molecule is Cc1cccc(C(=O)N2CCN(C(c3ccc(F)cc3)c3ccc(F)cc3)CC2)c1. The number of amides is 1. The smallest absolute Gasteiger partial charge is 0.253 e. The number of nitrogens with zero attached hydrogens (tertiary/aromatic N) is 2. The van der Waals surface area contributed by atoms with Gasteiger partial charge in [-0.15, -0.1) is 0 Å². The summed E-state index contributed by atoms with van der Waals surface area (Å²) < 4.78 is 26.9. The van der Waals surface area contributed by atoms with Crippen LogP contribution < -0.4 is 0 Å². The van der Waals surface area contributed by atoms with Gasteiger partial charge in [0.15, 0.2) is 0 Å². The van der Waals surface area contributed by atoms with E-state index in [2.05, 4.69) is 4.90 Å². The second-order valence-corrected chi connectivity index (χ2v) is 7.70. The van der Waals surface area contributed by atoms with Gasteiger partial charge >= 0.3 is 0 Å². The van der Waals surface area contributed by atoms with Gasteiger partial charge in [0.05, 0.1) is 6.04 Å². The monoisotopic (exact) mass is 406 g/mol. The Hall–Kier alpha value is -3.05. The molecule has 154 valence electrons. The van der Waals surface area contributed by atoms with E-state index in [4.69, 9.17) is 0 Å². The van der Waals surface area contributed by atoms with Crippen LogP contribution >= 0.6 is 0 Å². The molecule has 0 bridgehead atoms. The Balaban J connectivity index is 1.54. The first-order valence-corrected chi connectivity index (χ1v) is 10.1. The average Bonchev–Trinajstić information content (AvgIpc) is 2.76. The van der Waals surface area contributed by atoms with E-state index in [1.807, 2.05) is 36.1 Å². The number of hydrogen-bond donors (Lipinski definition) is 0. The van der Waals surface area contributed by atoms with E-state index in [0.717, 1.165) is 16.7 Å². The minimum Gasteiger partial charge on any atom is -0.336 e. The zero-order valence-corrected chi connectivity index (χ0v) is 16.9. The van der Waals surface area contributed by atoms with E-state index < -0.39 is 0 Å². The van der Waals surface area contributed by atoms with E-state index in [9.17, 15) is 13.6 Å². The number of aryl methyl sites for hydroxylation is 1. The summed E-state index contributed by atoms with van der Waals surface area (Å²) in [6.45, 7) is 4.54. The standard InChI is InChI=1S/C25H24F2N2O/c1-18-3-2-4-21(17-18)25(30)29-15-13-28(14-16-29)24(19-5-9-22(26)10-6-19)20-7-11-23(27)12-8-20/h2-12,17,24H,13-16H2,1H3. The summed E-state index contributed by atoms with van der Waals surface area (Å²) in [5, 5.41) is 0. The molecule has 1 aliphatic rings. The Bertz CT molecular complexity index is 965. The maximum atomic E-state index is 13.5. The Morgan fingerprint density at radius 1 is 0.800 bits per heavy atom. The number of carbonyl (C=O) groups excluding carboxylic acids is 1. The van der Waals surface area contributed by atoms with E-state index in [-0.39, 0.29) is 23.6 Å². The van der Waals surface area contributed by atoms with Crippen molar-refractivity contribution in [2.75, 3.05) is 26.2 Å². The van der Waals surface area contributed by atoms with Crippen molar-refractivity contribution in [1.29, 1.82) is 0 Å². The second kappa shape index (κ2) is 8.76. The molecule has 0 spiro atoms. The molecule has 0 N–H and O–H groups in total. The van der Waals surface area contributed by atoms with Crippen LogP contribution in [0.3, 0.4) is 0 Å². The molecule has 3 nitrogen and oxygen atoms in total. The van der Waals surface area contributed by atoms with Crippen LogP contribution in [-0.2, 0) is 0 Å². The number of hydrogen-bond acceptors (Lipinski definition) is 2. The number of benzene rings is 3. The van der Waals surface area contributed by atoms with Crippen LogP contribution in [0.1, 0.15) is 33.1 Å². The van der Waals surface area contributed by atoms with Crippen molar-refractivity contribution in [2.45, 2.75) is 13.0 Å². The third-order valence-corrected chi connectivity index (χ3v) is 5.60. The largest absolute Gasteiger partial charge is 0.336 e. The van der Waals surface area contributed by atoms with Crippen molar-refractivity contribution in [2.24, 2.45) is 0 Å². The lowest BCUT2D eigenvalue weighted by Gasteiger charge is -2.40. The molecule has 0 unspecified atom stereocenters. The highest BCUT2D eigenvalue weighted by atomic mass is 19.1. The molecule has 0 aliphatic carbocycles. The average molecular weight is 406 g/mol. The van der Waals surface area contributed by atoms with Gasteiger partial charge in [0, 0.05) is 31.7 Å². The van der Waals surface area contributed by atoms with E-state index in [1.54, 1.807) is 24.3 Å². The van der Waals surface area contributed by atoms with Crippen LogP contribution in [-0.4, -0.2) is 41.9 Å². The Kier molecular flexibility index (Phi) is 5.91. The molecule has 0 atom stereocenters. The summed E-state index contributed by atoms with van der Waals surface area (Å²) in [4.78, 5) is 17.0. The maximum absolute atomic E-state index is 13.5. The lowest BCUT2D eigenvalue weighted by Crippen LogP contribution is -2.49. The van der Waals surface area contributed by atoms with Gasteiger partial charge in [0.2, 0.25) is 0 Å². The molecule has 3 aromatic rings. The topological polar surface area (TPSA) is 23.6 Å². The lowest BCUT2D eigenvalue weighted by molar-refractivity contribution is 0.0597. The van der Waals surface area contributed by atoms with Crippen molar-refractivity contribution in [1.82, 2.24) is 9.80 Å². The Labute approximate surface area is 175 Å². The first-order chi connectivity index (χ1) is 14.5. The number of carbonyl (C=O) groups is 1. The molecule has 4 rings (SSSR count). The highest BCUT2D eigenvalue weighted by Gasteiger charge is 2.28. The molecular weight excluding hydrogens is 382 g/mol. The molecule has 5 heteroatoms. The van der Waals surface area contributed by atoms with Crippen LogP contribution in [0.2, 0.25) is 0 Å². The third-order valence-electron chi connectivity index (χ3n) is 5.60. The van der Waals surface area contributed by atoms with Gasteiger partial charge in [-0.3, -0.25) is 9.69 Å². The molecular formula is C25H24F2N2O. The maximum Gasteiger partial charge on any atom is 0.253 e. The van der Waals surface area contributed by atoms with Crippen LogP contribution in [0.4, 0.5) is 8.78 Å². The summed E-state index contributed by atoms with van der Waals surface area (Å²) in [7, 11) is 0. The molecule has 0 aromatic heterocycles. The van der Waals surface area contributed by atoms with Gasteiger partial charge in [-0.05, 0) is 54.4 Å². The fourth-order valence-corrected chi connectivity index (χ4v) is 4.05. The van der Waals surface area contributed by atoms with E-state index in [1.165, 1.54) is 24.3 Å². The van der Waals surface area contributed by atoms with E-state index >= 15 is 0 Å². The number of halogens is 2. The molecule has 30 heavy (non-hydrogen) atoms. The number of piperazine rings is 1. The van der Waals surface area contributed by atoms with Crippen molar-refractivity contribution in [3.05, 3.63) is 107 Å². The second-order valence-electron chi connectivity index (χ2n) is 7.70. The third kappa shape index (κ3) is 4.41. The molecule has 3 aromatic carbocycles. The van der Waals surface area contributed by atoms with Crippen molar-refractivity contribution < 1.29 is 13.6 Å². The van der Waals surface area contributed by atoms with Gasteiger partial charge in [-0.2, -0.15) is 0 Å². The van der Waals surface area contributed by atoms with Crippen molar-refractivity contribution in [3.63, 3.8) is 0 Å². The summed E-state index contributed by atoms with van der Waals surface area (Å²) in [6.07, 6.45) is 0. The fourth-order valence-electron chi connectivity index (χ4n) is 4.05. The van der Waals surface area contributed by atoms with Crippen LogP contribution in [0.15, 0.2) is 72.8 Å². The summed E-state index contributed by atoms with van der Waals surface area (Å²) in [5.41, 5.74) is 3.66. The summed E-state index contributed by atoms with van der Waals surface area (Å²) >= 11 is 0. The molecule has 0 saturated carbocycles. The summed E-state index contributed by atoms with van der Waals surface area (Å²) in [6, 6.07) is 20.4. The molecule has 1 fully saturated rings. The lowest BCUT2D eigenvalue weighted by atomic mass is 9.96. The van der Waals surface area contributed by atoms with Crippen molar-refractivity contribution >= 4 is 5.91 Å². The Morgan fingerprint density at radius 3 is 1.83 bits per heavy atom. The molecule has 1 aliphatic heterocycles. The fraction of sp³-hybridized carbons (Fsp3) is 0.240. The minimum atomic E-state index is -0.287. The van der Waals surface area contributed by atoms with Crippen molar-refractivity contribution in [3.8, 4) is 0 Å². The highest BCUT2D eigenvalue weighted by Crippen LogP contribution is 2.30. The molecule has 1 saturated heterocycles. The first kappa shape index (κ1) is 20.2. The van der Waals surface area contributed by atoms with Gasteiger partial charge in [-0.1, -0.05) is 42.0 Å². The van der Waals surface area contributed by atoms with Crippen LogP contribution in [0.5, 0.6) is 0 Å². The molecule has 0 radical (unpaired) electrons. The minimum absolute atomic E-state index is 0.0402. The first-order valence-electron chi connectivity index (χ1n) is 10.1. The van der Waals surface area contributed by atoms with Gasteiger partial charge in [0.25, 0.3) is 5.91 Å². The number of rotatable bonds is 4. The predicted molar refractivity (Wildman–Crippen MR) is 113 cm³/mol. The zero-order chi connectivity index (χ0) is 21.1. The van der Waals surface area contributed by atoms with Crippen LogP contribution in [0, 0.1) is 18.6 Å². The van der Waals surface area contributed by atoms with Gasteiger partial charge < -0.3 is 4.90 Å². The molecule has 1 heterocycles. The van der Waals surface area contributed by atoms with Gasteiger partial charge in [-0.25, -0.2) is 8.78 Å². The zero-order valence-electron chi connectivity index (χ0n) is 16.9. The predicted octanol–water partition coefficient (Wildman–Crippen LogP) is 4.82. The Morgan fingerprint density at radius 2 is 1.33 bits per heavy atom. The summed E-state index contributed by atoms with van der Waals surface area (Å²) in [5.74, 6) is -0.534. The van der Waals surface area contributed by atoms with E-state index in [0.29, 0.717) is 31.7 Å². The normalized spacial score (nSPS) is 14.9. The van der Waals surface area contributed by atoms with Gasteiger partial charge in [0.1, 0.15) is 11.6 Å². The van der Waals surface area contributed by atoms with Crippen LogP contribution in [0.25, 0.3) is 0 Å².